The minimum atomic E-state index is 0.263. The molecule has 0 spiro atoms. The number of fused-ring (bicyclic) bond motifs is 2. The van der Waals surface area contributed by atoms with E-state index in [9.17, 15) is 9.59 Å². The van der Waals surface area contributed by atoms with Crippen LogP contribution in [-0.4, -0.2) is 27.9 Å². The molecule has 6 aromatic rings. The van der Waals surface area contributed by atoms with Crippen molar-refractivity contribution < 1.29 is 19.1 Å². The number of nitrogens with zero attached hydrogens (tertiary/aromatic N) is 3. The number of hydrogen-bond donors (Lipinski definition) is 0. The first-order valence-corrected chi connectivity index (χ1v) is 12.3. The van der Waals surface area contributed by atoms with Crippen molar-refractivity contribution in [3.63, 3.8) is 0 Å². The molecule has 0 aliphatic carbocycles. The number of pyridine rings is 3. The lowest BCUT2D eigenvalue weighted by Gasteiger charge is -2.08. The molecule has 0 amide bonds. The summed E-state index contributed by atoms with van der Waals surface area (Å²) in [7, 11) is 0. The number of hydrogen-bond acceptors (Lipinski definition) is 7. The first-order chi connectivity index (χ1) is 19.7. The molecule has 0 radical (unpaired) electrons. The van der Waals surface area contributed by atoms with Gasteiger partial charge in [0.1, 0.15) is 11.5 Å². The predicted molar refractivity (Wildman–Crippen MR) is 152 cm³/mol. The van der Waals surface area contributed by atoms with Gasteiger partial charge in [0.2, 0.25) is 0 Å². The molecule has 0 N–H and O–H groups in total. The Morgan fingerprint density at radius 3 is 1.82 bits per heavy atom. The summed E-state index contributed by atoms with van der Waals surface area (Å²) in [5.41, 5.74) is 3.52. The monoisotopic (exact) mass is 521 g/mol. The van der Waals surface area contributed by atoms with Crippen LogP contribution in [0.5, 0.6) is 11.5 Å². The molecule has 0 atom stereocenters. The normalized spacial score (nSPS) is 10.5. The highest BCUT2D eigenvalue weighted by molar-refractivity contribution is 6.04. The molecule has 0 fully saturated rings. The fourth-order valence-electron chi connectivity index (χ4n) is 4.50. The topological polar surface area (TPSA) is 91.3 Å². The lowest BCUT2D eigenvalue weighted by atomic mass is 9.97. The van der Waals surface area contributed by atoms with Crippen molar-refractivity contribution in [2.45, 2.75) is 0 Å². The van der Waals surface area contributed by atoms with Crippen LogP contribution in [-0.2, 0) is 9.59 Å². The zero-order valence-corrected chi connectivity index (χ0v) is 20.9. The highest BCUT2D eigenvalue weighted by Crippen LogP contribution is 2.30. The SMILES string of the molecule is O=COc1ccnc(-c2cc(OC=O)cc(-c3cc(C#Cc4c5ccccc5cc5ccccc45)ccn3)n2)c1. The average molecular weight is 522 g/mol. The van der Waals surface area contributed by atoms with Gasteiger partial charge in [-0.25, -0.2) is 4.98 Å². The molecule has 0 unspecified atom stereocenters. The van der Waals surface area contributed by atoms with Crippen LogP contribution >= 0.6 is 0 Å². The predicted octanol–water partition coefficient (Wildman–Crippen LogP) is 5.98. The van der Waals surface area contributed by atoms with Gasteiger partial charge in [0.15, 0.2) is 0 Å². The van der Waals surface area contributed by atoms with E-state index in [2.05, 4.69) is 57.1 Å². The quantitative estimate of drug-likeness (QED) is 0.151. The molecule has 3 heterocycles. The van der Waals surface area contributed by atoms with E-state index in [0.717, 1.165) is 32.7 Å². The Kier molecular flexibility index (Phi) is 6.64. The Morgan fingerprint density at radius 2 is 1.15 bits per heavy atom. The van der Waals surface area contributed by atoms with Crippen LogP contribution in [0.25, 0.3) is 44.3 Å². The van der Waals surface area contributed by atoms with Crippen LogP contribution < -0.4 is 9.47 Å². The van der Waals surface area contributed by atoms with Gasteiger partial charge in [-0.2, -0.15) is 0 Å². The van der Waals surface area contributed by atoms with Gasteiger partial charge in [-0.05, 0) is 45.8 Å². The standard InChI is InChI=1S/C33H19N3O4/c37-20-39-25-12-14-35-31(17-25)33-19-26(40-21-38)18-32(36-33)30-15-22(11-13-34-30)9-10-29-27-7-3-1-5-23(27)16-24-6-2-4-8-28(24)29/h1-8,11-21H. The Hall–Kier alpha value is -5.87. The lowest BCUT2D eigenvalue weighted by Crippen LogP contribution is -1.97. The van der Waals surface area contributed by atoms with Crippen molar-refractivity contribution >= 4 is 34.5 Å². The number of rotatable bonds is 6. The van der Waals surface area contributed by atoms with Gasteiger partial charge in [0, 0.05) is 41.7 Å². The molecule has 3 aromatic heterocycles. The Balaban J connectivity index is 1.43. The van der Waals surface area contributed by atoms with Crippen molar-refractivity contribution in [1.82, 2.24) is 15.0 Å². The minimum absolute atomic E-state index is 0.263. The molecule has 190 valence electrons. The molecule has 6 rings (SSSR count). The number of aromatic nitrogens is 3. The molecule has 0 bridgehead atoms. The minimum Gasteiger partial charge on any atom is -0.429 e. The van der Waals surface area contributed by atoms with Crippen molar-refractivity contribution in [1.29, 1.82) is 0 Å². The van der Waals surface area contributed by atoms with Gasteiger partial charge in [-0.15, -0.1) is 0 Å². The Bertz CT molecular complexity index is 1920. The molecule has 7 nitrogen and oxygen atoms in total. The second kappa shape index (κ2) is 10.9. The van der Waals surface area contributed by atoms with Crippen LogP contribution in [0.15, 0.2) is 103 Å². The molecule has 3 aromatic carbocycles. The Labute approximate surface area is 229 Å². The smallest absolute Gasteiger partial charge is 0.298 e. The van der Waals surface area contributed by atoms with E-state index in [4.69, 9.17) is 9.47 Å². The van der Waals surface area contributed by atoms with E-state index in [-0.39, 0.29) is 5.75 Å². The van der Waals surface area contributed by atoms with Gasteiger partial charge in [0.25, 0.3) is 12.9 Å². The summed E-state index contributed by atoms with van der Waals surface area (Å²) in [6.07, 6.45) is 3.15. The fourth-order valence-corrected chi connectivity index (χ4v) is 4.50. The van der Waals surface area contributed by atoms with E-state index in [0.29, 0.717) is 41.5 Å². The van der Waals surface area contributed by atoms with Gasteiger partial charge >= 0.3 is 0 Å². The summed E-state index contributed by atoms with van der Waals surface area (Å²) in [4.78, 5) is 35.4. The first-order valence-electron chi connectivity index (χ1n) is 12.3. The van der Waals surface area contributed by atoms with Gasteiger partial charge < -0.3 is 9.47 Å². The molecule has 0 aliphatic rings. The number of ether oxygens (including phenoxy) is 2. The first kappa shape index (κ1) is 24.5. The van der Waals surface area contributed by atoms with E-state index in [1.165, 1.54) is 6.20 Å². The molecule has 0 saturated carbocycles. The van der Waals surface area contributed by atoms with Crippen LogP contribution in [0.4, 0.5) is 0 Å². The van der Waals surface area contributed by atoms with Crippen LogP contribution in [0.2, 0.25) is 0 Å². The van der Waals surface area contributed by atoms with Crippen LogP contribution in [0, 0.1) is 11.8 Å². The summed E-state index contributed by atoms with van der Waals surface area (Å²) in [6.45, 7) is 0.674. The van der Waals surface area contributed by atoms with Crippen molar-refractivity contribution in [3.05, 3.63) is 115 Å². The van der Waals surface area contributed by atoms with E-state index >= 15 is 0 Å². The van der Waals surface area contributed by atoms with E-state index in [1.54, 1.807) is 30.5 Å². The molecular formula is C33H19N3O4. The van der Waals surface area contributed by atoms with Crippen molar-refractivity contribution in [2.75, 3.05) is 0 Å². The van der Waals surface area contributed by atoms with Crippen molar-refractivity contribution in [3.8, 4) is 46.1 Å². The molecule has 0 saturated heterocycles. The van der Waals surface area contributed by atoms with Gasteiger partial charge in [-0.1, -0.05) is 60.4 Å². The maximum Gasteiger partial charge on any atom is 0.298 e. The van der Waals surface area contributed by atoms with Crippen molar-refractivity contribution in [2.24, 2.45) is 0 Å². The highest BCUT2D eigenvalue weighted by atomic mass is 16.5. The second-order valence-corrected chi connectivity index (χ2v) is 8.75. The second-order valence-electron chi connectivity index (χ2n) is 8.75. The van der Waals surface area contributed by atoms with Crippen LogP contribution in [0.3, 0.4) is 0 Å². The summed E-state index contributed by atoms with van der Waals surface area (Å²) >= 11 is 0. The maximum absolute atomic E-state index is 11.1. The lowest BCUT2D eigenvalue weighted by molar-refractivity contribution is -0.121. The van der Waals surface area contributed by atoms with Gasteiger partial charge in [-0.3, -0.25) is 19.6 Å². The zero-order chi connectivity index (χ0) is 27.3. The van der Waals surface area contributed by atoms with E-state index in [1.807, 2.05) is 36.4 Å². The number of benzene rings is 3. The zero-order valence-electron chi connectivity index (χ0n) is 20.9. The third-order valence-electron chi connectivity index (χ3n) is 6.29. The average Bonchev–Trinajstić information content (AvgIpc) is 3.00. The largest absolute Gasteiger partial charge is 0.429 e. The molecular weight excluding hydrogens is 502 g/mol. The summed E-state index contributed by atoms with van der Waals surface area (Å²) in [5.74, 6) is 7.26. The third-order valence-corrected chi connectivity index (χ3v) is 6.29. The Morgan fingerprint density at radius 1 is 0.575 bits per heavy atom. The summed E-state index contributed by atoms with van der Waals surface area (Å²) in [5, 5.41) is 4.42. The van der Waals surface area contributed by atoms with Gasteiger partial charge in [0.05, 0.1) is 22.8 Å². The highest BCUT2D eigenvalue weighted by Gasteiger charge is 2.12. The summed E-state index contributed by atoms with van der Waals surface area (Å²) < 4.78 is 10.1. The third kappa shape index (κ3) is 4.97. The van der Waals surface area contributed by atoms with Crippen LogP contribution in [0.1, 0.15) is 11.1 Å². The molecule has 0 aliphatic heterocycles. The summed E-state index contributed by atoms with van der Waals surface area (Å²) in [6, 6.07) is 28.5. The maximum atomic E-state index is 11.1. The molecule has 40 heavy (non-hydrogen) atoms. The number of carbonyl (C=O) groups excluding carboxylic acids is 2. The fraction of sp³-hybridized carbons (Fsp3) is 0. The van der Waals surface area contributed by atoms with E-state index < -0.39 is 0 Å². The molecule has 7 heteroatoms. The number of carbonyl (C=O) groups is 2.